The van der Waals surface area contributed by atoms with Crippen molar-refractivity contribution < 1.29 is 55.8 Å². The van der Waals surface area contributed by atoms with E-state index in [4.69, 9.17) is 4.74 Å². The molecule has 146 valence electrons. The Morgan fingerprint density at radius 1 is 0.885 bits per heavy atom. The average molecular weight is 397 g/mol. The third-order valence-electron chi connectivity index (χ3n) is 4.04. The molecule has 3 N–H and O–H groups in total. The van der Waals surface area contributed by atoms with Crippen LogP contribution in [0.1, 0.15) is 82.9 Å². The van der Waals surface area contributed by atoms with Gasteiger partial charge in [0.25, 0.3) is 0 Å². The number of hydrogen-bond donors (Lipinski definition) is 3. The van der Waals surface area contributed by atoms with Crippen LogP contribution in [0.4, 0.5) is 0 Å². The first kappa shape index (κ1) is 27.7. The zero-order valence-electron chi connectivity index (χ0n) is 17.1. The van der Waals surface area contributed by atoms with Crippen LogP contribution in [0.3, 0.4) is 0 Å². The summed E-state index contributed by atoms with van der Waals surface area (Å²) in [4.78, 5) is 11.8. The van der Waals surface area contributed by atoms with Crippen LogP contribution in [0.25, 0.3) is 0 Å². The molecule has 1 aromatic rings. The number of rotatable bonds is 12. The predicted octanol–water partition coefficient (Wildman–Crippen LogP) is 2.11. The SMILES string of the molecule is CCCCCCCCCCCCOC(=O)c1cc(O)c(O)c(O)c1.S.[H-].[Na+]. The molecule has 5 nitrogen and oxygen atoms in total. The Morgan fingerprint density at radius 2 is 1.31 bits per heavy atom. The molecule has 0 saturated carbocycles. The summed E-state index contributed by atoms with van der Waals surface area (Å²) in [6, 6.07) is 2.16. The number of aromatic hydroxyl groups is 3. The Morgan fingerprint density at radius 3 is 1.77 bits per heavy atom. The summed E-state index contributed by atoms with van der Waals surface area (Å²) in [5.41, 5.74) is 0.0230. The summed E-state index contributed by atoms with van der Waals surface area (Å²) in [5, 5.41) is 28.0. The molecule has 1 rings (SSSR count). The first-order valence-corrected chi connectivity index (χ1v) is 8.98. The first-order chi connectivity index (χ1) is 11.6. The van der Waals surface area contributed by atoms with Crippen LogP contribution in [0, 0.1) is 0 Å². The molecule has 7 heteroatoms. The van der Waals surface area contributed by atoms with Gasteiger partial charge < -0.3 is 21.5 Å². The van der Waals surface area contributed by atoms with Crippen molar-refractivity contribution in [2.45, 2.75) is 71.1 Å². The molecule has 0 heterocycles. The fraction of sp³-hybridized carbons (Fsp3) is 0.632. The third-order valence-corrected chi connectivity index (χ3v) is 4.04. The van der Waals surface area contributed by atoms with Gasteiger partial charge in [-0.2, -0.15) is 13.5 Å². The standard InChI is InChI=1S/C19H30O5.Na.H2S.H/c1-2-3-4-5-6-7-8-9-10-11-12-24-19(23)15-13-16(20)18(22)17(21)14-15;;;/h13-14,20-22H,2-12H2,1H3;;1H2;/q;+1;;-1. The van der Waals surface area contributed by atoms with E-state index in [1.807, 2.05) is 0 Å². The largest absolute Gasteiger partial charge is 1.00 e. The maximum Gasteiger partial charge on any atom is 1.00 e. The number of carbonyl (C=O) groups is 1. The second-order valence-electron chi connectivity index (χ2n) is 6.18. The van der Waals surface area contributed by atoms with Crippen LogP contribution in [0.2, 0.25) is 0 Å². The van der Waals surface area contributed by atoms with Gasteiger partial charge in [-0.3, -0.25) is 0 Å². The quantitative estimate of drug-likeness (QED) is 0.218. The molecule has 0 fully saturated rings. The van der Waals surface area contributed by atoms with Crippen molar-refractivity contribution in [3.8, 4) is 17.2 Å². The average Bonchev–Trinajstić information content (AvgIpc) is 2.56. The van der Waals surface area contributed by atoms with Crippen molar-refractivity contribution in [3.05, 3.63) is 17.7 Å². The molecule has 0 radical (unpaired) electrons. The van der Waals surface area contributed by atoms with E-state index < -0.39 is 23.2 Å². The van der Waals surface area contributed by atoms with Crippen molar-refractivity contribution in [1.82, 2.24) is 0 Å². The van der Waals surface area contributed by atoms with E-state index in [-0.39, 0.29) is 50.0 Å². The topological polar surface area (TPSA) is 87.0 Å². The first-order valence-electron chi connectivity index (χ1n) is 8.98. The number of phenols is 3. The van der Waals surface area contributed by atoms with Crippen molar-refractivity contribution in [3.63, 3.8) is 0 Å². The second kappa shape index (κ2) is 16.6. The number of phenolic OH excluding ortho intramolecular Hbond substituents is 3. The zero-order valence-corrected chi connectivity index (χ0v) is 19.1. The van der Waals surface area contributed by atoms with E-state index in [2.05, 4.69) is 6.92 Å². The summed E-state index contributed by atoms with van der Waals surface area (Å²) in [6.45, 7) is 2.54. The molecular weight excluding hydrogens is 363 g/mol. The maximum absolute atomic E-state index is 11.8. The van der Waals surface area contributed by atoms with Crippen molar-refractivity contribution in [2.75, 3.05) is 6.61 Å². The summed E-state index contributed by atoms with van der Waals surface area (Å²) < 4.78 is 5.11. The molecule has 1 aromatic carbocycles. The molecule has 0 saturated heterocycles. The smallest absolute Gasteiger partial charge is 1.00 e. The van der Waals surface area contributed by atoms with Crippen LogP contribution in [0.5, 0.6) is 17.2 Å². The predicted molar refractivity (Wildman–Crippen MR) is 105 cm³/mol. The molecule has 0 amide bonds. The van der Waals surface area contributed by atoms with Gasteiger partial charge in [-0.05, 0) is 18.6 Å². The molecule has 0 aliphatic heterocycles. The Labute approximate surface area is 187 Å². The van der Waals surface area contributed by atoms with Gasteiger partial charge in [0.05, 0.1) is 12.2 Å². The molecule has 0 atom stereocenters. The molecule has 0 bridgehead atoms. The fourth-order valence-electron chi connectivity index (χ4n) is 2.56. The fourth-order valence-corrected chi connectivity index (χ4v) is 2.56. The number of unbranched alkanes of at least 4 members (excludes halogenated alkanes) is 9. The van der Waals surface area contributed by atoms with E-state index >= 15 is 0 Å². The number of esters is 1. The van der Waals surface area contributed by atoms with Gasteiger partial charge in [0.1, 0.15) is 0 Å². The van der Waals surface area contributed by atoms with E-state index in [1.165, 1.54) is 44.9 Å². The minimum Gasteiger partial charge on any atom is -1.00 e. The van der Waals surface area contributed by atoms with Gasteiger partial charge in [-0.1, -0.05) is 64.7 Å². The van der Waals surface area contributed by atoms with Crippen molar-refractivity contribution >= 4 is 19.5 Å². The number of hydrogen-bond acceptors (Lipinski definition) is 5. The van der Waals surface area contributed by atoms with Gasteiger partial charge in [0.2, 0.25) is 0 Å². The van der Waals surface area contributed by atoms with Crippen molar-refractivity contribution in [2.24, 2.45) is 0 Å². The maximum atomic E-state index is 11.8. The van der Waals surface area contributed by atoms with Crippen LogP contribution in [0.15, 0.2) is 12.1 Å². The molecule has 0 aromatic heterocycles. The number of ether oxygens (including phenoxy) is 1. The number of carbonyl (C=O) groups excluding carboxylic acids is 1. The van der Waals surface area contributed by atoms with Crippen LogP contribution in [-0.2, 0) is 4.74 Å². The van der Waals surface area contributed by atoms with Crippen LogP contribution in [-0.4, -0.2) is 27.9 Å². The molecule has 0 aliphatic rings. The Kier molecular flexibility index (Phi) is 17.7. The van der Waals surface area contributed by atoms with Crippen LogP contribution < -0.4 is 29.6 Å². The van der Waals surface area contributed by atoms with Gasteiger partial charge >= 0.3 is 35.5 Å². The second-order valence-corrected chi connectivity index (χ2v) is 6.18. The van der Waals surface area contributed by atoms with Gasteiger partial charge in [-0.25, -0.2) is 4.79 Å². The van der Waals surface area contributed by atoms with Gasteiger partial charge in [-0.15, -0.1) is 0 Å². The zero-order chi connectivity index (χ0) is 17.8. The summed E-state index contributed by atoms with van der Waals surface area (Å²) in [6.07, 6.45) is 12.1. The summed E-state index contributed by atoms with van der Waals surface area (Å²) in [7, 11) is 0. The normalized spacial score (nSPS) is 9.88. The van der Waals surface area contributed by atoms with Crippen molar-refractivity contribution in [1.29, 1.82) is 0 Å². The van der Waals surface area contributed by atoms with Gasteiger partial charge in [0, 0.05) is 0 Å². The minimum atomic E-state index is -0.638. The van der Waals surface area contributed by atoms with Crippen LogP contribution >= 0.6 is 13.5 Å². The monoisotopic (exact) mass is 396 g/mol. The Bertz CT molecular complexity index is 494. The van der Waals surface area contributed by atoms with E-state index in [0.717, 1.165) is 31.4 Å². The molecule has 26 heavy (non-hydrogen) atoms. The Balaban J connectivity index is -0.00000192. The molecule has 0 aliphatic carbocycles. The number of benzene rings is 1. The minimum absolute atomic E-state index is 0. The summed E-state index contributed by atoms with van der Waals surface area (Å²) in [5.74, 6) is -2.33. The third kappa shape index (κ3) is 11.2. The molecular formula is C19H33NaO5S. The van der Waals surface area contributed by atoms with E-state index in [0.29, 0.717) is 6.61 Å². The van der Waals surface area contributed by atoms with E-state index in [9.17, 15) is 20.1 Å². The van der Waals surface area contributed by atoms with E-state index in [1.54, 1.807) is 0 Å². The molecule has 0 unspecified atom stereocenters. The molecule has 0 spiro atoms. The Hall–Kier alpha value is -0.560. The van der Waals surface area contributed by atoms with Gasteiger partial charge in [0.15, 0.2) is 17.2 Å². The summed E-state index contributed by atoms with van der Waals surface area (Å²) >= 11 is 0.